The summed E-state index contributed by atoms with van der Waals surface area (Å²) < 4.78 is 11.2. The molecule has 0 radical (unpaired) electrons. The molecule has 0 aliphatic carbocycles. The van der Waals surface area contributed by atoms with Crippen molar-refractivity contribution in [1.82, 2.24) is 24.8 Å². The lowest BCUT2D eigenvalue weighted by Gasteiger charge is -2.39. The number of fused-ring (bicyclic) bond motifs is 1. The number of carbonyl (C=O) groups excluding carboxylic acids is 2. The second-order valence-electron chi connectivity index (χ2n) is 10.1. The largest absolute Gasteiger partial charge is 0.493 e. The average molecular weight is 544 g/mol. The number of rotatable bonds is 6. The van der Waals surface area contributed by atoms with Crippen molar-refractivity contribution in [2.45, 2.75) is 24.4 Å². The number of carbonyl (C=O) groups is 2. The van der Waals surface area contributed by atoms with Crippen LogP contribution >= 0.6 is 11.8 Å². The molecule has 3 aromatic heterocycles. The highest BCUT2D eigenvalue weighted by Gasteiger charge is 2.43. The first-order chi connectivity index (χ1) is 19.0. The summed E-state index contributed by atoms with van der Waals surface area (Å²) in [6.07, 6.45) is 6.13. The second kappa shape index (κ2) is 10.7. The number of hydrogen-bond donors (Lipinski definition) is 0. The molecule has 1 spiro atoms. The van der Waals surface area contributed by atoms with Gasteiger partial charge >= 0.3 is 0 Å². The maximum absolute atomic E-state index is 13.2. The first-order valence-corrected chi connectivity index (χ1v) is 14.0. The van der Waals surface area contributed by atoms with Crippen molar-refractivity contribution in [1.29, 1.82) is 0 Å². The number of nitrogens with zero attached hydrogens (tertiary/aromatic N) is 5. The fourth-order valence-electron chi connectivity index (χ4n) is 5.48. The minimum absolute atomic E-state index is 0.0591. The summed E-state index contributed by atoms with van der Waals surface area (Å²) in [5.41, 5.74) is 2.17. The van der Waals surface area contributed by atoms with Gasteiger partial charge in [0.1, 0.15) is 0 Å². The minimum Gasteiger partial charge on any atom is -0.493 e. The van der Waals surface area contributed by atoms with Gasteiger partial charge in [0.05, 0.1) is 24.3 Å². The van der Waals surface area contributed by atoms with Crippen LogP contribution in [0.5, 0.6) is 5.75 Å². The van der Waals surface area contributed by atoms with E-state index in [0.29, 0.717) is 41.1 Å². The number of furan rings is 1. The molecule has 200 valence electrons. The Bertz CT molecular complexity index is 1500. The number of hydrogen-bond acceptors (Lipinski definition) is 8. The summed E-state index contributed by atoms with van der Waals surface area (Å²) in [5.74, 6) is 1.24. The number of piperidine rings is 1. The normalized spacial score (nSPS) is 16.6. The molecule has 0 N–H and O–H groups in total. The van der Waals surface area contributed by atoms with E-state index in [1.807, 2.05) is 52.3 Å². The summed E-state index contributed by atoms with van der Waals surface area (Å²) in [6.45, 7) is 2.77. The molecule has 4 aromatic rings. The molecular weight excluding hydrogens is 514 g/mol. The summed E-state index contributed by atoms with van der Waals surface area (Å²) in [5, 5.41) is 1.42. The molecule has 2 fully saturated rings. The van der Waals surface area contributed by atoms with E-state index in [0.717, 1.165) is 49.1 Å². The van der Waals surface area contributed by atoms with Gasteiger partial charge in [-0.1, -0.05) is 30.0 Å². The van der Waals surface area contributed by atoms with Crippen molar-refractivity contribution >= 4 is 34.5 Å². The van der Waals surface area contributed by atoms with Gasteiger partial charge < -0.3 is 19.0 Å². The molecule has 9 nitrogen and oxygen atoms in total. The van der Waals surface area contributed by atoms with E-state index in [4.69, 9.17) is 9.15 Å². The standard InChI is InChI=1S/C29H29N5O4S/c1-37-23-7-4-5-20-17-24(38-26(20)23)27(36)33-14-9-29(10-15-33)11-16-34(19-29)25(35)18-39-28-31-13-8-22(32-28)21-6-2-3-12-30-21/h2-8,12-13,17H,9-11,14-16,18-19H2,1H3. The van der Waals surface area contributed by atoms with Crippen LogP contribution < -0.4 is 4.74 Å². The third-order valence-electron chi connectivity index (χ3n) is 7.73. The predicted octanol–water partition coefficient (Wildman–Crippen LogP) is 4.54. The highest BCUT2D eigenvalue weighted by atomic mass is 32.2. The van der Waals surface area contributed by atoms with Gasteiger partial charge in [-0.2, -0.15) is 0 Å². The minimum atomic E-state index is -0.0987. The molecule has 10 heteroatoms. The Morgan fingerprint density at radius 3 is 2.56 bits per heavy atom. The van der Waals surface area contributed by atoms with Crippen molar-refractivity contribution in [2.75, 3.05) is 39.0 Å². The second-order valence-corrected chi connectivity index (χ2v) is 11.0. The molecule has 1 aromatic carbocycles. The number of benzene rings is 1. The van der Waals surface area contributed by atoms with Gasteiger partial charge in [0.15, 0.2) is 22.2 Å². The van der Waals surface area contributed by atoms with Crippen LogP contribution in [0, 0.1) is 5.41 Å². The number of likely N-dealkylation sites (tertiary alicyclic amines) is 2. The fraction of sp³-hybridized carbons (Fsp3) is 0.345. The molecule has 39 heavy (non-hydrogen) atoms. The summed E-state index contributed by atoms with van der Waals surface area (Å²) in [4.78, 5) is 43.3. The molecule has 0 atom stereocenters. The van der Waals surface area contributed by atoms with Crippen LogP contribution in [0.4, 0.5) is 0 Å². The Balaban J connectivity index is 1.03. The van der Waals surface area contributed by atoms with Crippen LogP contribution in [-0.4, -0.2) is 75.6 Å². The van der Waals surface area contributed by atoms with E-state index in [-0.39, 0.29) is 17.2 Å². The smallest absolute Gasteiger partial charge is 0.289 e. The molecular formula is C29H29N5O4S. The van der Waals surface area contributed by atoms with Gasteiger partial charge in [0.25, 0.3) is 5.91 Å². The fourth-order valence-corrected chi connectivity index (χ4v) is 6.22. The Kier molecular flexibility index (Phi) is 6.95. The number of methoxy groups -OCH3 is 1. The van der Waals surface area contributed by atoms with Gasteiger partial charge in [-0.3, -0.25) is 14.6 Å². The van der Waals surface area contributed by atoms with Gasteiger partial charge in [-0.25, -0.2) is 9.97 Å². The summed E-state index contributed by atoms with van der Waals surface area (Å²) in [6, 6.07) is 14.9. The van der Waals surface area contributed by atoms with Gasteiger partial charge in [0, 0.05) is 44.0 Å². The summed E-state index contributed by atoms with van der Waals surface area (Å²) in [7, 11) is 1.59. The van der Waals surface area contributed by atoms with Crippen LogP contribution in [0.15, 0.2) is 70.5 Å². The van der Waals surface area contributed by atoms with Gasteiger partial charge in [-0.05, 0) is 55.0 Å². The van der Waals surface area contributed by atoms with Crippen LogP contribution in [0.2, 0.25) is 0 Å². The predicted molar refractivity (Wildman–Crippen MR) is 148 cm³/mol. The molecule has 2 amide bonds. The van der Waals surface area contributed by atoms with Crippen molar-refractivity contribution < 1.29 is 18.7 Å². The van der Waals surface area contributed by atoms with E-state index in [1.165, 1.54) is 11.8 Å². The van der Waals surface area contributed by atoms with Gasteiger partial charge in [-0.15, -0.1) is 0 Å². The Labute approximate surface area is 230 Å². The SMILES string of the molecule is COc1cccc2cc(C(=O)N3CCC4(CCN(C(=O)CSc5nccc(-c6ccccn6)n5)C4)CC3)oc12. The number of aromatic nitrogens is 3. The zero-order valence-electron chi connectivity index (χ0n) is 21.7. The van der Waals surface area contributed by atoms with E-state index < -0.39 is 0 Å². The number of ether oxygens (including phenoxy) is 1. The lowest BCUT2D eigenvalue weighted by molar-refractivity contribution is -0.127. The maximum Gasteiger partial charge on any atom is 0.289 e. The molecule has 0 unspecified atom stereocenters. The van der Waals surface area contributed by atoms with Crippen molar-refractivity contribution in [2.24, 2.45) is 5.41 Å². The Hall–Kier alpha value is -3.92. The Morgan fingerprint density at radius 1 is 0.974 bits per heavy atom. The monoisotopic (exact) mass is 543 g/mol. The lowest BCUT2D eigenvalue weighted by atomic mass is 9.77. The lowest BCUT2D eigenvalue weighted by Crippen LogP contribution is -2.44. The molecule has 2 aliphatic heterocycles. The van der Waals surface area contributed by atoms with E-state index in [9.17, 15) is 9.59 Å². The van der Waals surface area contributed by atoms with E-state index in [2.05, 4.69) is 15.0 Å². The Morgan fingerprint density at radius 2 is 1.79 bits per heavy atom. The number of pyridine rings is 1. The molecule has 2 aliphatic rings. The molecule has 5 heterocycles. The zero-order valence-corrected chi connectivity index (χ0v) is 22.5. The first-order valence-electron chi connectivity index (χ1n) is 13.0. The first kappa shape index (κ1) is 25.4. The van der Waals surface area contributed by atoms with Gasteiger partial charge in [0.2, 0.25) is 5.91 Å². The molecule has 0 bridgehead atoms. The number of para-hydroxylation sites is 1. The molecule has 2 saturated heterocycles. The van der Waals surface area contributed by atoms with E-state index in [1.54, 1.807) is 25.6 Å². The third-order valence-corrected chi connectivity index (χ3v) is 8.57. The molecule has 0 saturated carbocycles. The number of amides is 2. The maximum atomic E-state index is 13.2. The quantitative estimate of drug-likeness (QED) is 0.258. The van der Waals surface area contributed by atoms with Crippen LogP contribution in [-0.2, 0) is 4.79 Å². The van der Waals surface area contributed by atoms with Crippen LogP contribution in [0.1, 0.15) is 29.8 Å². The summed E-state index contributed by atoms with van der Waals surface area (Å²) >= 11 is 1.35. The average Bonchev–Trinajstić information content (AvgIpc) is 3.61. The molecule has 6 rings (SSSR count). The van der Waals surface area contributed by atoms with Crippen LogP contribution in [0.25, 0.3) is 22.4 Å². The van der Waals surface area contributed by atoms with E-state index >= 15 is 0 Å². The third kappa shape index (κ3) is 5.21. The topological polar surface area (TPSA) is 102 Å². The van der Waals surface area contributed by atoms with Crippen molar-refractivity contribution in [3.63, 3.8) is 0 Å². The van der Waals surface area contributed by atoms with Crippen molar-refractivity contribution in [3.8, 4) is 17.1 Å². The highest BCUT2D eigenvalue weighted by Crippen LogP contribution is 2.41. The highest BCUT2D eigenvalue weighted by molar-refractivity contribution is 7.99. The van der Waals surface area contributed by atoms with Crippen molar-refractivity contribution in [3.05, 3.63) is 66.7 Å². The van der Waals surface area contributed by atoms with Crippen LogP contribution in [0.3, 0.4) is 0 Å². The zero-order chi connectivity index (χ0) is 26.8. The number of thioether (sulfide) groups is 1.